The predicted octanol–water partition coefficient (Wildman–Crippen LogP) is 1.64. The highest BCUT2D eigenvalue weighted by molar-refractivity contribution is 5.97. The van der Waals surface area contributed by atoms with Crippen LogP contribution in [0, 0.1) is 6.92 Å². The van der Waals surface area contributed by atoms with Crippen molar-refractivity contribution in [2.45, 2.75) is 53.1 Å². The van der Waals surface area contributed by atoms with Gasteiger partial charge in [0.25, 0.3) is 5.91 Å². The summed E-state index contributed by atoms with van der Waals surface area (Å²) in [6, 6.07) is 0.557. The molecule has 0 radical (unpaired) electrons. The van der Waals surface area contributed by atoms with E-state index in [4.69, 9.17) is 5.73 Å². The Bertz CT molecular complexity index is 467. The van der Waals surface area contributed by atoms with Gasteiger partial charge >= 0.3 is 0 Å². The van der Waals surface area contributed by atoms with Gasteiger partial charge in [0.05, 0.1) is 11.4 Å². The van der Waals surface area contributed by atoms with Crippen LogP contribution in [0.2, 0.25) is 0 Å². The van der Waals surface area contributed by atoms with Crippen LogP contribution in [-0.4, -0.2) is 46.8 Å². The lowest BCUT2D eigenvalue weighted by molar-refractivity contribution is 0.0943. The van der Waals surface area contributed by atoms with Gasteiger partial charge in [-0.25, -0.2) is 0 Å². The maximum atomic E-state index is 12.2. The summed E-state index contributed by atoms with van der Waals surface area (Å²) in [4.78, 5) is 14.5. The first-order chi connectivity index (χ1) is 9.88. The van der Waals surface area contributed by atoms with Crippen LogP contribution >= 0.6 is 0 Å². The molecule has 6 heteroatoms. The van der Waals surface area contributed by atoms with E-state index >= 15 is 0 Å². The van der Waals surface area contributed by atoms with Crippen LogP contribution in [0.3, 0.4) is 0 Å². The zero-order valence-corrected chi connectivity index (χ0v) is 13.9. The summed E-state index contributed by atoms with van der Waals surface area (Å²) in [5.41, 5.74) is 7.60. The second-order valence-corrected chi connectivity index (χ2v) is 5.70. The summed E-state index contributed by atoms with van der Waals surface area (Å²) in [6.45, 7) is 10.5. The quantitative estimate of drug-likeness (QED) is 0.715. The molecule has 1 rings (SSSR count). The molecule has 1 aromatic rings. The van der Waals surface area contributed by atoms with Gasteiger partial charge in [0.1, 0.15) is 5.69 Å². The molecule has 0 aromatic carbocycles. The zero-order valence-electron chi connectivity index (χ0n) is 13.9. The Kier molecular flexibility index (Phi) is 6.68. The van der Waals surface area contributed by atoms with Crippen molar-refractivity contribution in [3.8, 4) is 0 Å². The van der Waals surface area contributed by atoms with Crippen LogP contribution in [0.4, 0.5) is 5.69 Å². The minimum Gasteiger partial charge on any atom is -0.395 e. The van der Waals surface area contributed by atoms with Gasteiger partial charge in [-0.3, -0.25) is 9.48 Å². The largest absolute Gasteiger partial charge is 0.395 e. The van der Waals surface area contributed by atoms with Gasteiger partial charge in [0.2, 0.25) is 0 Å². The minimum absolute atomic E-state index is 0.132. The van der Waals surface area contributed by atoms with E-state index in [0.717, 1.165) is 19.4 Å². The van der Waals surface area contributed by atoms with E-state index in [1.165, 1.54) is 0 Å². The van der Waals surface area contributed by atoms with Gasteiger partial charge in [-0.2, -0.15) is 5.10 Å². The second kappa shape index (κ2) is 8.02. The molecule has 3 N–H and O–H groups in total. The lowest BCUT2D eigenvalue weighted by atomic mass is 10.2. The van der Waals surface area contributed by atoms with Crippen molar-refractivity contribution in [1.82, 2.24) is 20.0 Å². The highest BCUT2D eigenvalue weighted by atomic mass is 16.2. The predicted molar refractivity (Wildman–Crippen MR) is 86.4 cm³/mol. The van der Waals surface area contributed by atoms with Crippen LogP contribution in [0.15, 0.2) is 0 Å². The van der Waals surface area contributed by atoms with Crippen LogP contribution in [0.1, 0.15) is 49.8 Å². The molecule has 0 spiro atoms. The van der Waals surface area contributed by atoms with Crippen molar-refractivity contribution in [2.75, 3.05) is 25.9 Å². The van der Waals surface area contributed by atoms with Crippen LogP contribution in [-0.2, 0) is 6.54 Å². The summed E-state index contributed by atoms with van der Waals surface area (Å²) in [5, 5.41) is 7.19. The van der Waals surface area contributed by atoms with E-state index in [9.17, 15) is 4.79 Å². The number of aromatic nitrogens is 2. The third-order valence-corrected chi connectivity index (χ3v) is 3.79. The summed E-state index contributed by atoms with van der Waals surface area (Å²) in [7, 11) is 2.12. The Morgan fingerprint density at radius 3 is 2.67 bits per heavy atom. The first kappa shape index (κ1) is 17.5. The average molecular weight is 295 g/mol. The summed E-state index contributed by atoms with van der Waals surface area (Å²) in [5.74, 6) is -0.132. The van der Waals surface area contributed by atoms with Gasteiger partial charge in [-0.15, -0.1) is 0 Å². The number of aryl methyl sites for hydroxylation is 2. The fraction of sp³-hybridized carbons (Fsp3) is 0.733. The number of hydrogen-bond acceptors (Lipinski definition) is 4. The van der Waals surface area contributed by atoms with Crippen LogP contribution in [0.25, 0.3) is 0 Å². The van der Waals surface area contributed by atoms with E-state index < -0.39 is 0 Å². The highest BCUT2D eigenvalue weighted by Crippen LogP contribution is 2.16. The molecule has 0 aliphatic heterocycles. The zero-order chi connectivity index (χ0) is 16.0. The number of carbonyl (C=O) groups excluding carboxylic acids is 1. The number of nitrogen functional groups attached to an aromatic ring is 1. The Balaban J connectivity index is 2.41. The molecule has 1 aromatic heterocycles. The van der Waals surface area contributed by atoms with Crippen LogP contribution < -0.4 is 11.1 Å². The number of rotatable bonds is 8. The molecule has 0 saturated heterocycles. The Morgan fingerprint density at radius 2 is 2.10 bits per heavy atom. The van der Waals surface area contributed by atoms with E-state index in [2.05, 4.69) is 36.2 Å². The molecule has 6 nitrogen and oxygen atoms in total. The topological polar surface area (TPSA) is 76.2 Å². The number of hydrogen-bond donors (Lipinski definition) is 2. The first-order valence-corrected chi connectivity index (χ1v) is 7.69. The molecule has 0 fully saturated rings. The van der Waals surface area contributed by atoms with Crippen molar-refractivity contribution >= 4 is 11.6 Å². The van der Waals surface area contributed by atoms with Gasteiger partial charge in [0, 0.05) is 19.1 Å². The lowest BCUT2D eigenvalue weighted by Crippen LogP contribution is -2.30. The van der Waals surface area contributed by atoms with Gasteiger partial charge in [0.15, 0.2) is 0 Å². The van der Waals surface area contributed by atoms with Crippen molar-refractivity contribution in [2.24, 2.45) is 0 Å². The smallest absolute Gasteiger partial charge is 0.271 e. The molecule has 0 unspecified atom stereocenters. The molecule has 1 amide bonds. The Morgan fingerprint density at radius 1 is 1.43 bits per heavy atom. The Hall–Kier alpha value is -1.56. The number of anilines is 1. The van der Waals surface area contributed by atoms with Crippen molar-refractivity contribution < 1.29 is 4.79 Å². The molecule has 0 atom stereocenters. The number of carbonyl (C=O) groups is 1. The molecule has 0 bridgehead atoms. The molecule has 120 valence electrons. The van der Waals surface area contributed by atoms with E-state index in [0.29, 0.717) is 36.2 Å². The van der Waals surface area contributed by atoms with Gasteiger partial charge in [-0.1, -0.05) is 0 Å². The summed E-state index contributed by atoms with van der Waals surface area (Å²) >= 11 is 0. The first-order valence-electron chi connectivity index (χ1n) is 7.69. The number of nitrogens with zero attached hydrogens (tertiary/aromatic N) is 3. The fourth-order valence-corrected chi connectivity index (χ4v) is 2.09. The standard InChI is InChI=1S/C15H29N5O/c1-6-20-14(13(16)12(4)18-20)15(21)17-9-7-8-10-19(5)11(2)3/h11H,6-10,16H2,1-5H3,(H,17,21). The summed E-state index contributed by atoms with van der Waals surface area (Å²) in [6.07, 6.45) is 2.03. The molecular weight excluding hydrogens is 266 g/mol. The lowest BCUT2D eigenvalue weighted by Gasteiger charge is -2.20. The highest BCUT2D eigenvalue weighted by Gasteiger charge is 2.18. The normalized spacial score (nSPS) is 11.4. The van der Waals surface area contributed by atoms with E-state index in [1.54, 1.807) is 4.68 Å². The third kappa shape index (κ3) is 4.74. The molecular formula is C15H29N5O. The number of nitrogens with one attached hydrogen (secondary N) is 1. The van der Waals surface area contributed by atoms with E-state index in [-0.39, 0.29) is 5.91 Å². The van der Waals surface area contributed by atoms with E-state index in [1.807, 2.05) is 13.8 Å². The minimum atomic E-state index is -0.132. The molecule has 21 heavy (non-hydrogen) atoms. The SMILES string of the molecule is CCn1nc(C)c(N)c1C(=O)NCCCCN(C)C(C)C. The van der Waals surface area contributed by atoms with Crippen molar-refractivity contribution in [1.29, 1.82) is 0 Å². The van der Waals surface area contributed by atoms with Crippen molar-refractivity contribution in [3.05, 3.63) is 11.4 Å². The maximum absolute atomic E-state index is 12.2. The Labute approximate surface area is 127 Å². The third-order valence-electron chi connectivity index (χ3n) is 3.79. The molecule has 0 aliphatic carbocycles. The maximum Gasteiger partial charge on any atom is 0.271 e. The van der Waals surface area contributed by atoms with Gasteiger partial charge in [-0.05, 0) is 54.1 Å². The molecule has 0 aliphatic rings. The number of unbranched alkanes of at least 4 members (excludes halogenated alkanes) is 1. The fourth-order valence-electron chi connectivity index (χ4n) is 2.09. The molecule has 1 heterocycles. The number of nitrogens with two attached hydrogens (primary N) is 1. The average Bonchev–Trinajstić information content (AvgIpc) is 2.73. The second-order valence-electron chi connectivity index (χ2n) is 5.70. The molecule has 0 saturated carbocycles. The monoisotopic (exact) mass is 295 g/mol. The van der Waals surface area contributed by atoms with Crippen LogP contribution in [0.5, 0.6) is 0 Å². The van der Waals surface area contributed by atoms with Crippen molar-refractivity contribution in [3.63, 3.8) is 0 Å². The number of amides is 1. The summed E-state index contributed by atoms with van der Waals surface area (Å²) < 4.78 is 1.66. The van der Waals surface area contributed by atoms with Gasteiger partial charge < -0.3 is 16.0 Å².